The Hall–Kier alpha value is -2.61. The SMILES string of the molecule is COc1ccc(OC)c(CC(=O)NCCc2nc(C(=O)O)cs2)c1. The highest BCUT2D eigenvalue weighted by molar-refractivity contribution is 7.09. The Kier molecular flexibility index (Phi) is 6.14. The van der Waals surface area contributed by atoms with E-state index in [1.807, 2.05) is 0 Å². The molecule has 1 heterocycles. The highest BCUT2D eigenvalue weighted by Gasteiger charge is 2.11. The summed E-state index contributed by atoms with van der Waals surface area (Å²) in [5, 5.41) is 13.8. The number of carboxylic acids is 1. The summed E-state index contributed by atoms with van der Waals surface area (Å²) in [5.74, 6) is 0.0720. The van der Waals surface area contributed by atoms with E-state index in [0.717, 1.165) is 5.56 Å². The van der Waals surface area contributed by atoms with Crippen molar-refractivity contribution in [3.8, 4) is 11.5 Å². The monoisotopic (exact) mass is 350 g/mol. The topological polar surface area (TPSA) is 97.8 Å². The van der Waals surface area contributed by atoms with Crippen LogP contribution in [0.2, 0.25) is 0 Å². The number of carboxylic acid groups (broad SMARTS) is 1. The lowest BCUT2D eigenvalue weighted by Crippen LogP contribution is -2.27. The molecule has 1 aromatic heterocycles. The number of ether oxygens (including phenoxy) is 2. The molecule has 0 unspecified atom stereocenters. The first-order valence-electron chi connectivity index (χ1n) is 7.18. The lowest BCUT2D eigenvalue weighted by Gasteiger charge is -2.10. The molecule has 2 aromatic rings. The van der Waals surface area contributed by atoms with E-state index in [0.29, 0.717) is 29.5 Å². The second-order valence-corrected chi connectivity index (χ2v) is 5.83. The number of hydrogen-bond donors (Lipinski definition) is 2. The number of amides is 1. The Morgan fingerprint density at radius 3 is 2.71 bits per heavy atom. The Bertz CT molecular complexity index is 729. The average molecular weight is 350 g/mol. The fourth-order valence-electron chi connectivity index (χ4n) is 2.09. The molecule has 0 aliphatic rings. The van der Waals surface area contributed by atoms with Gasteiger partial charge in [-0.25, -0.2) is 9.78 Å². The van der Waals surface area contributed by atoms with E-state index < -0.39 is 5.97 Å². The maximum Gasteiger partial charge on any atom is 0.355 e. The smallest absolute Gasteiger partial charge is 0.355 e. The largest absolute Gasteiger partial charge is 0.497 e. The van der Waals surface area contributed by atoms with Crippen LogP contribution in [0.1, 0.15) is 21.1 Å². The normalized spacial score (nSPS) is 10.2. The summed E-state index contributed by atoms with van der Waals surface area (Å²) < 4.78 is 10.4. The van der Waals surface area contributed by atoms with Crippen molar-refractivity contribution in [2.24, 2.45) is 0 Å². The molecular weight excluding hydrogens is 332 g/mol. The van der Waals surface area contributed by atoms with Crippen molar-refractivity contribution in [3.63, 3.8) is 0 Å². The zero-order valence-corrected chi connectivity index (χ0v) is 14.2. The van der Waals surface area contributed by atoms with Crippen molar-refractivity contribution < 1.29 is 24.2 Å². The first-order valence-corrected chi connectivity index (χ1v) is 8.06. The standard InChI is InChI=1S/C16H18N2O5S/c1-22-11-3-4-13(23-2)10(7-11)8-14(19)17-6-5-15-18-12(9-24-15)16(20)21/h3-4,7,9H,5-6,8H2,1-2H3,(H,17,19)(H,20,21). The van der Waals surface area contributed by atoms with E-state index in [-0.39, 0.29) is 18.0 Å². The highest BCUT2D eigenvalue weighted by atomic mass is 32.1. The van der Waals surface area contributed by atoms with Gasteiger partial charge in [0.1, 0.15) is 11.5 Å². The third-order valence-electron chi connectivity index (χ3n) is 3.27. The minimum absolute atomic E-state index is 0.0300. The predicted octanol–water partition coefficient (Wildman–Crippen LogP) is 1.76. The van der Waals surface area contributed by atoms with Crippen molar-refractivity contribution in [3.05, 3.63) is 39.8 Å². The van der Waals surface area contributed by atoms with Gasteiger partial charge in [-0.3, -0.25) is 4.79 Å². The fraction of sp³-hybridized carbons (Fsp3) is 0.312. The number of aromatic carboxylic acids is 1. The van der Waals surface area contributed by atoms with E-state index in [4.69, 9.17) is 14.6 Å². The fourth-order valence-corrected chi connectivity index (χ4v) is 2.86. The van der Waals surface area contributed by atoms with Crippen LogP contribution in [-0.4, -0.2) is 42.7 Å². The van der Waals surface area contributed by atoms with Crippen LogP contribution in [0.15, 0.2) is 23.6 Å². The van der Waals surface area contributed by atoms with Crippen LogP contribution in [0.3, 0.4) is 0 Å². The van der Waals surface area contributed by atoms with Crippen LogP contribution in [0, 0.1) is 0 Å². The van der Waals surface area contributed by atoms with Gasteiger partial charge in [0.25, 0.3) is 0 Å². The number of nitrogens with one attached hydrogen (secondary N) is 1. The van der Waals surface area contributed by atoms with Crippen LogP contribution in [0.4, 0.5) is 0 Å². The van der Waals surface area contributed by atoms with E-state index in [9.17, 15) is 9.59 Å². The number of methoxy groups -OCH3 is 2. The maximum absolute atomic E-state index is 12.1. The number of aromatic nitrogens is 1. The van der Waals surface area contributed by atoms with Gasteiger partial charge in [0.05, 0.1) is 25.6 Å². The van der Waals surface area contributed by atoms with Gasteiger partial charge in [-0.15, -0.1) is 11.3 Å². The second-order valence-electron chi connectivity index (χ2n) is 4.89. The Labute approximate surface area is 143 Å². The number of thiazole rings is 1. The first kappa shape index (κ1) is 17.7. The van der Waals surface area contributed by atoms with Crippen molar-refractivity contribution in [1.29, 1.82) is 0 Å². The molecule has 7 nitrogen and oxygen atoms in total. The molecule has 1 aromatic carbocycles. The van der Waals surface area contributed by atoms with E-state index in [1.165, 1.54) is 16.7 Å². The summed E-state index contributed by atoms with van der Waals surface area (Å²) in [5.41, 5.74) is 0.763. The summed E-state index contributed by atoms with van der Waals surface area (Å²) in [6.45, 7) is 0.387. The molecular formula is C16H18N2O5S. The Morgan fingerprint density at radius 2 is 2.08 bits per heavy atom. The molecule has 0 radical (unpaired) electrons. The third-order valence-corrected chi connectivity index (χ3v) is 4.18. The maximum atomic E-state index is 12.1. The van der Waals surface area contributed by atoms with Gasteiger partial charge in [0, 0.05) is 23.9 Å². The van der Waals surface area contributed by atoms with Crippen molar-refractivity contribution in [1.82, 2.24) is 10.3 Å². The van der Waals surface area contributed by atoms with Crippen molar-refractivity contribution in [2.75, 3.05) is 20.8 Å². The Balaban J connectivity index is 1.87. The lowest BCUT2D eigenvalue weighted by atomic mass is 10.1. The molecule has 0 fully saturated rings. The quantitative estimate of drug-likeness (QED) is 0.753. The second kappa shape index (κ2) is 8.30. The number of rotatable bonds is 8. The summed E-state index contributed by atoms with van der Waals surface area (Å²) in [4.78, 5) is 26.8. The molecule has 128 valence electrons. The lowest BCUT2D eigenvalue weighted by molar-refractivity contribution is -0.120. The molecule has 0 aliphatic heterocycles. The zero-order chi connectivity index (χ0) is 17.5. The van der Waals surface area contributed by atoms with Gasteiger partial charge in [0.15, 0.2) is 5.69 Å². The summed E-state index contributed by atoms with van der Waals surface area (Å²) >= 11 is 1.26. The molecule has 0 bridgehead atoms. The van der Waals surface area contributed by atoms with Crippen LogP contribution in [0.5, 0.6) is 11.5 Å². The predicted molar refractivity (Wildman–Crippen MR) is 89.0 cm³/mol. The van der Waals surface area contributed by atoms with Crippen LogP contribution in [0.25, 0.3) is 0 Å². The molecule has 1 amide bonds. The zero-order valence-electron chi connectivity index (χ0n) is 13.4. The van der Waals surface area contributed by atoms with Gasteiger partial charge in [-0.2, -0.15) is 0 Å². The first-order chi connectivity index (χ1) is 11.5. The van der Waals surface area contributed by atoms with Crippen LogP contribution in [-0.2, 0) is 17.6 Å². The van der Waals surface area contributed by atoms with Gasteiger partial charge in [-0.1, -0.05) is 0 Å². The third kappa shape index (κ3) is 4.69. The highest BCUT2D eigenvalue weighted by Crippen LogP contribution is 2.24. The minimum Gasteiger partial charge on any atom is -0.497 e. The summed E-state index contributed by atoms with van der Waals surface area (Å²) in [6.07, 6.45) is 0.650. The molecule has 0 saturated heterocycles. The van der Waals surface area contributed by atoms with Gasteiger partial charge >= 0.3 is 5.97 Å². The van der Waals surface area contributed by atoms with Gasteiger partial charge in [0.2, 0.25) is 5.91 Å². The summed E-state index contributed by atoms with van der Waals surface area (Å²) in [7, 11) is 3.11. The van der Waals surface area contributed by atoms with Crippen molar-refractivity contribution >= 4 is 23.2 Å². The molecule has 0 atom stereocenters. The van der Waals surface area contributed by atoms with E-state index in [1.54, 1.807) is 32.4 Å². The molecule has 8 heteroatoms. The number of benzene rings is 1. The Morgan fingerprint density at radius 1 is 1.29 bits per heavy atom. The molecule has 0 saturated carbocycles. The van der Waals surface area contributed by atoms with E-state index in [2.05, 4.69) is 10.3 Å². The van der Waals surface area contributed by atoms with Gasteiger partial charge in [-0.05, 0) is 18.2 Å². The number of hydrogen-bond acceptors (Lipinski definition) is 6. The molecule has 0 aliphatic carbocycles. The van der Waals surface area contributed by atoms with Crippen LogP contribution >= 0.6 is 11.3 Å². The molecule has 0 spiro atoms. The van der Waals surface area contributed by atoms with Crippen LogP contribution < -0.4 is 14.8 Å². The van der Waals surface area contributed by atoms with Gasteiger partial charge < -0.3 is 19.9 Å². The molecule has 24 heavy (non-hydrogen) atoms. The number of carbonyl (C=O) groups is 2. The number of carbonyl (C=O) groups excluding carboxylic acids is 1. The van der Waals surface area contributed by atoms with Crippen molar-refractivity contribution in [2.45, 2.75) is 12.8 Å². The summed E-state index contributed by atoms with van der Waals surface area (Å²) in [6, 6.07) is 5.28. The minimum atomic E-state index is -1.05. The van der Waals surface area contributed by atoms with E-state index >= 15 is 0 Å². The molecule has 2 rings (SSSR count). The number of nitrogens with zero attached hydrogens (tertiary/aromatic N) is 1. The molecule has 2 N–H and O–H groups in total. The average Bonchev–Trinajstić information content (AvgIpc) is 3.04.